The van der Waals surface area contributed by atoms with Crippen molar-refractivity contribution in [3.63, 3.8) is 0 Å². The number of nitrogens with one attached hydrogen (secondary N) is 1. The Hall–Kier alpha value is -4.23. The summed E-state index contributed by atoms with van der Waals surface area (Å²) in [5.41, 5.74) is 6.42. The van der Waals surface area contributed by atoms with E-state index in [1.807, 2.05) is 4.90 Å². The number of carbonyl (C=O) groups excluding carboxylic acids is 1. The lowest BCUT2D eigenvalue weighted by atomic mass is 10.1. The predicted molar refractivity (Wildman–Crippen MR) is 129 cm³/mol. The van der Waals surface area contributed by atoms with E-state index in [9.17, 15) is 18.0 Å². The van der Waals surface area contributed by atoms with E-state index in [0.29, 0.717) is 43.4 Å². The van der Waals surface area contributed by atoms with Crippen LogP contribution in [0.3, 0.4) is 0 Å². The molecule has 0 atom stereocenters. The number of ether oxygens (including phenoxy) is 1. The zero-order valence-corrected chi connectivity index (χ0v) is 20.2. The molecule has 2 amide bonds. The minimum atomic E-state index is -4.72. The van der Waals surface area contributed by atoms with Crippen LogP contribution in [-0.4, -0.2) is 62.0 Å². The fourth-order valence-corrected chi connectivity index (χ4v) is 3.64. The highest BCUT2D eigenvalue weighted by Crippen LogP contribution is 2.29. The molecule has 1 fully saturated rings. The Balaban J connectivity index is 1.39. The second-order valence-electron chi connectivity index (χ2n) is 8.58. The van der Waals surface area contributed by atoms with Crippen LogP contribution >= 0.6 is 0 Å². The summed E-state index contributed by atoms with van der Waals surface area (Å²) >= 11 is 0. The van der Waals surface area contributed by atoms with E-state index in [4.69, 9.17) is 10.5 Å². The third-order valence-electron chi connectivity index (χ3n) is 5.55. The van der Waals surface area contributed by atoms with E-state index >= 15 is 0 Å². The number of nitrogens with two attached hydrogens (primary N) is 1. The van der Waals surface area contributed by atoms with Gasteiger partial charge in [0.25, 0.3) is 0 Å². The number of hydrogen-bond acceptors (Lipinski definition) is 9. The van der Waals surface area contributed by atoms with Crippen molar-refractivity contribution in [1.29, 1.82) is 0 Å². The van der Waals surface area contributed by atoms with Gasteiger partial charge < -0.3 is 20.3 Å². The van der Waals surface area contributed by atoms with Crippen molar-refractivity contribution in [3.8, 4) is 5.75 Å². The van der Waals surface area contributed by atoms with E-state index < -0.39 is 18.0 Å². The van der Waals surface area contributed by atoms with Gasteiger partial charge in [-0.2, -0.15) is 13.2 Å². The van der Waals surface area contributed by atoms with Crippen molar-refractivity contribution in [2.24, 2.45) is 0 Å². The lowest BCUT2D eigenvalue weighted by molar-refractivity contribution is -0.145. The highest BCUT2D eigenvalue weighted by atomic mass is 19.4. The summed E-state index contributed by atoms with van der Waals surface area (Å²) in [6.45, 7) is 5.12. The standard InChI is InChI=1S/C23H26F3N9O2/c1-14(2)16-12-18(32-20(31-16)23(24,25)26)33-22(36)35-10-8-34(9-11-35)19-17(4-3-6-28-19)37-13-15-5-7-29-21(27)30-15/h3-7,12,14H,8-11,13H2,1-2H3,(H2,27,29,30)(H,31,32,33,36). The molecule has 1 aliphatic rings. The molecule has 4 heterocycles. The van der Waals surface area contributed by atoms with Gasteiger partial charge in [-0.25, -0.2) is 29.7 Å². The van der Waals surface area contributed by atoms with Crippen molar-refractivity contribution in [2.45, 2.75) is 32.5 Å². The normalized spacial score (nSPS) is 14.1. The van der Waals surface area contributed by atoms with Crippen molar-refractivity contribution in [1.82, 2.24) is 29.8 Å². The molecular formula is C23H26F3N9O2. The number of alkyl halides is 3. The van der Waals surface area contributed by atoms with Gasteiger partial charge in [-0.1, -0.05) is 13.8 Å². The first-order chi connectivity index (χ1) is 17.6. The van der Waals surface area contributed by atoms with Gasteiger partial charge in [0.15, 0.2) is 11.6 Å². The van der Waals surface area contributed by atoms with Gasteiger partial charge in [0.1, 0.15) is 12.4 Å². The number of anilines is 3. The van der Waals surface area contributed by atoms with Gasteiger partial charge in [0, 0.05) is 50.3 Å². The fraction of sp³-hybridized carbons (Fsp3) is 0.391. The molecule has 1 aliphatic heterocycles. The number of amides is 2. The molecule has 11 nitrogen and oxygen atoms in total. The fourth-order valence-electron chi connectivity index (χ4n) is 3.64. The molecule has 3 aromatic rings. The maximum absolute atomic E-state index is 13.2. The molecule has 0 spiro atoms. The highest BCUT2D eigenvalue weighted by molar-refractivity contribution is 5.88. The van der Waals surface area contributed by atoms with Gasteiger partial charge in [-0.05, 0) is 24.1 Å². The third-order valence-corrected chi connectivity index (χ3v) is 5.55. The van der Waals surface area contributed by atoms with Gasteiger partial charge in [-0.3, -0.25) is 5.32 Å². The van der Waals surface area contributed by atoms with Gasteiger partial charge in [0.05, 0.1) is 5.69 Å². The van der Waals surface area contributed by atoms with Crippen LogP contribution in [0.5, 0.6) is 5.75 Å². The maximum Gasteiger partial charge on any atom is 0.451 e. The minimum Gasteiger partial charge on any atom is -0.483 e. The molecule has 196 valence electrons. The molecule has 0 aliphatic carbocycles. The van der Waals surface area contributed by atoms with Crippen LogP contribution in [0.15, 0.2) is 36.7 Å². The summed E-state index contributed by atoms with van der Waals surface area (Å²) in [4.78, 5) is 35.7. The van der Waals surface area contributed by atoms with Crippen molar-refractivity contribution >= 4 is 23.6 Å². The first-order valence-corrected chi connectivity index (χ1v) is 11.5. The number of pyridine rings is 1. The lowest BCUT2D eigenvalue weighted by Gasteiger charge is -2.35. The number of urea groups is 1. The second kappa shape index (κ2) is 10.8. The van der Waals surface area contributed by atoms with Crippen molar-refractivity contribution < 1.29 is 22.7 Å². The Morgan fingerprint density at radius 2 is 1.86 bits per heavy atom. The van der Waals surface area contributed by atoms with Gasteiger partial charge in [0.2, 0.25) is 11.8 Å². The van der Waals surface area contributed by atoms with E-state index in [-0.39, 0.29) is 30.0 Å². The summed E-state index contributed by atoms with van der Waals surface area (Å²) in [7, 11) is 0. The van der Waals surface area contributed by atoms with Crippen LogP contribution in [-0.2, 0) is 12.8 Å². The molecule has 14 heteroatoms. The molecule has 1 saturated heterocycles. The largest absolute Gasteiger partial charge is 0.483 e. The van der Waals surface area contributed by atoms with Crippen LogP contribution in [0.2, 0.25) is 0 Å². The van der Waals surface area contributed by atoms with Crippen LogP contribution in [0, 0.1) is 0 Å². The summed E-state index contributed by atoms with van der Waals surface area (Å²) in [5, 5.41) is 2.48. The maximum atomic E-state index is 13.2. The molecular weight excluding hydrogens is 491 g/mol. The van der Waals surface area contributed by atoms with Crippen LogP contribution in [0.1, 0.15) is 37.0 Å². The molecule has 0 saturated carbocycles. The Kier molecular flexibility index (Phi) is 7.55. The summed E-state index contributed by atoms with van der Waals surface area (Å²) in [5.74, 6) is -0.449. The summed E-state index contributed by atoms with van der Waals surface area (Å²) in [6.07, 6.45) is -1.54. The summed E-state index contributed by atoms with van der Waals surface area (Å²) < 4.78 is 45.6. The summed E-state index contributed by atoms with van der Waals surface area (Å²) in [6, 6.07) is 6.05. The molecule has 0 bridgehead atoms. The Labute approximate surface area is 210 Å². The lowest BCUT2D eigenvalue weighted by Crippen LogP contribution is -2.50. The van der Waals surface area contributed by atoms with E-state index in [0.717, 1.165) is 0 Å². The number of hydrogen-bond donors (Lipinski definition) is 2. The van der Waals surface area contributed by atoms with E-state index in [1.54, 1.807) is 44.4 Å². The average Bonchev–Trinajstić information content (AvgIpc) is 2.87. The third kappa shape index (κ3) is 6.51. The predicted octanol–water partition coefficient (Wildman–Crippen LogP) is 3.32. The Bertz CT molecular complexity index is 1250. The number of aromatic nitrogens is 5. The molecule has 3 aromatic heterocycles. The zero-order chi connectivity index (χ0) is 26.6. The van der Waals surface area contributed by atoms with Crippen molar-refractivity contribution in [3.05, 3.63) is 53.9 Å². The monoisotopic (exact) mass is 517 g/mol. The number of halogens is 3. The van der Waals surface area contributed by atoms with Crippen LogP contribution in [0.25, 0.3) is 0 Å². The van der Waals surface area contributed by atoms with Gasteiger partial charge >= 0.3 is 12.2 Å². The van der Waals surface area contributed by atoms with E-state index in [1.165, 1.54) is 11.0 Å². The Morgan fingerprint density at radius 3 is 2.54 bits per heavy atom. The second-order valence-corrected chi connectivity index (χ2v) is 8.58. The highest BCUT2D eigenvalue weighted by Gasteiger charge is 2.36. The first-order valence-electron chi connectivity index (χ1n) is 11.5. The molecule has 3 N–H and O–H groups in total. The van der Waals surface area contributed by atoms with E-state index in [2.05, 4.69) is 30.2 Å². The molecule has 4 rings (SSSR count). The van der Waals surface area contributed by atoms with Gasteiger partial charge in [-0.15, -0.1) is 0 Å². The number of nitrogens with zero attached hydrogens (tertiary/aromatic N) is 7. The molecule has 37 heavy (non-hydrogen) atoms. The number of rotatable bonds is 6. The minimum absolute atomic E-state index is 0.152. The van der Waals surface area contributed by atoms with Crippen LogP contribution in [0.4, 0.5) is 35.5 Å². The SMILES string of the molecule is CC(C)c1cc(NC(=O)N2CCN(c3ncccc3OCc3ccnc(N)n3)CC2)nc(C(F)(F)F)n1. The topological polar surface area (TPSA) is 135 Å². The molecule has 0 unspecified atom stereocenters. The quantitative estimate of drug-likeness (QED) is 0.505. The average molecular weight is 518 g/mol. The van der Waals surface area contributed by atoms with Crippen LogP contribution < -0.4 is 20.7 Å². The number of carbonyl (C=O) groups is 1. The molecule has 0 radical (unpaired) electrons. The Morgan fingerprint density at radius 1 is 1.11 bits per heavy atom. The molecule has 0 aromatic carbocycles. The zero-order valence-electron chi connectivity index (χ0n) is 20.2. The first kappa shape index (κ1) is 25.9. The van der Waals surface area contributed by atoms with Crippen molar-refractivity contribution in [2.75, 3.05) is 42.1 Å². The number of nitrogen functional groups attached to an aromatic ring is 1. The smallest absolute Gasteiger partial charge is 0.451 e. The number of piperazine rings is 1.